The molecule has 0 aromatic heterocycles. The van der Waals surface area contributed by atoms with E-state index in [0.29, 0.717) is 6.42 Å². The highest BCUT2D eigenvalue weighted by atomic mass is 16.1. The maximum Gasteiger partial charge on any atom is 0.220 e. The van der Waals surface area contributed by atoms with Gasteiger partial charge in [-0.2, -0.15) is 0 Å². The van der Waals surface area contributed by atoms with E-state index in [1.165, 1.54) is 30.5 Å². The summed E-state index contributed by atoms with van der Waals surface area (Å²) in [4.78, 5) is 14.5. The van der Waals surface area contributed by atoms with Crippen LogP contribution in [0.25, 0.3) is 0 Å². The number of hydrogen-bond acceptors (Lipinski definition) is 2. The molecule has 1 aliphatic heterocycles. The van der Waals surface area contributed by atoms with E-state index >= 15 is 0 Å². The Bertz CT molecular complexity index is 466. The first kappa shape index (κ1) is 16.9. The Morgan fingerprint density at radius 1 is 1.23 bits per heavy atom. The van der Waals surface area contributed by atoms with Gasteiger partial charge in [0.15, 0.2) is 0 Å². The van der Waals surface area contributed by atoms with Crippen molar-refractivity contribution in [3.8, 4) is 0 Å². The second-order valence-corrected chi connectivity index (χ2v) is 6.21. The zero-order valence-electron chi connectivity index (χ0n) is 13.8. The number of amides is 1. The van der Waals surface area contributed by atoms with E-state index in [2.05, 4.69) is 48.3 Å². The summed E-state index contributed by atoms with van der Waals surface area (Å²) in [5.41, 5.74) is 2.52. The van der Waals surface area contributed by atoms with E-state index < -0.39 is 0 Å². The van der Waals surface area contributed by atoms with Gasteiger partial charge < -0.3 is 10.2 Å². The molecular formula is C19H29N2O. The van der Waals surface area contributed by atoms with Gasteiger partial charge in [0.25, 0.3) is 0 Å². The maximum absolute atomic E-state index is 12.0. The van der Waals surface area contributed by atoms with E-state index in [0.717, 1.165) is 32.4 Å². The molecule has 2 rings (SSSR count). The SMILES string of the molecule is [CH2]CCCCC(=O)NC(C)c1ccccc1N1CCCCC1. The minimum absolute atomic E-state index is 0.0605. The zero-order valence-corrected chi connectivity index (χ0v) is 13.8. The fraction of sp³-hybridized carbons (Fsp3) is 0.579. The van der Waals surface area contributed by atoms with E-state index in [9.17, 15) is 4.79 Å². The number of benzene rings is 1. The van der Waals surface area contributed by atoms with Crippen LogP contribution in [0.5, 0.6) is 0 Å². The number of carbonyl (C=O) groups is 1. The summed E-state index contributed by atoms with van der Waals surface area (Å²) < 4.78 is 0. The second kappa shape index (κ2) is 8.82. The average molecular weight is 301 g/mol. The number of hydrogen-bond donors (Lipinski definition) is 1. The number of nitrogens with one attached hydrogen (secondary N) is 1. The largest absolute Gasteiger partial charge is 0.371 e. The molecule has 3 heteroatoms. The highest BCUT2D eigenvalue weighted by molar-refractivity contribution is 5.76. The third-order valence-electron chi connectivity index (χ3n) is 4.38. The Balaban J connectivity index is 1.99. The monoisotopic (exact) mass is 301 g/mol. The molecule has 0 spiro atoms. The molecule has 0 saturated carbocycles. The van der Waals surface area contributed by atoms with Crippen molar-refractivity contribution in [3.05, 3.63) is 36.8 Å². The van der Waals surface area contributed by atoms with Crippen LogP contribution in [0, 0.1) is 6.92 Å². The van der Waals surface area contributed by atoms with E-state index in [4.69, 9.17) is 0 Å². The first-order chi connectivity index (χ1) is 10.7. The molecule has 1 radical (unpaired) electrons. The molecule has 0 aliphatic carbocycles. The number of rotatable bonds is 7. The number of unbranched alkanes of at least 4 members (excludes halogenated alkanes) is 2. The summed E-state index contributed by atoms with van der Waals surface area (Å²) in [7, 11) is 0. The van der Waals surface area contributed by atoms with Crippen LogP contribution < -0.4 is 10.2 Å². The van der Waals surface area contributed by atoms with Gasteiger partial charge in [-0.25, -0.2) is 0 Å². The quantitative estimate of drug-likeness (QED) is 0.764. The van der Waals surface area contributed by atoms with Crippen molar-refractivity contribution in [1.82, 2.24) is 5.32 Å². The van der Waals surface area contributed by atoms with Crippen molar-refractivity contribution < 1.29 is 4.79 Å². The van der Waals surface area contributed by atoms with Gasteiger partial charge in [-0.3, -0.25) is 4.79 Å². The smallest absolute Gasteiger partial charge is 0.220 e. The van der Waals surface area contributed by atoms with Gasteiger partial charge in [0.2, 0.25) is 5.91 Å². The van der Waals surface area contributed by atoms with Crippen molar-refractivity contribution >= 4 is 11.6 Å². The standard InChI is InChI=1S/C19H29N2O/c1-3-4-6-13-19(22)20-16(2)17-11-7-8-12-18(17)21-14-9-5-10-15-21/h7-8,11-12,16H,1,3-6,9-10,13-15H2,2H3,(H,20,22). The van der Waals surface area contributed by atoms with Crippen molar-refractivity contribution in [2.45, 2.75) is 57.9 Å². The van der Waals surface area contributed by atoms with Crippen LogP contribution in [-0.4, -0.2) is 19.0 Å². The lowest BCUT2D eigenvalue weighted by Crippen LogP contribution is -2.32. The predicted octanol–water partition coefficient (Wildman–Crippen LogP) is 4.25. The Morgan fingerprint density at radius 2 is 1.95 bits per heavy atom. The van der Waals surface area contributed by atoms with Gasteiger partial charge in [-0.15, -0.1) is 0 Å². The van der Waals surface area contributed by atoms with Gasteiger partial charge in [-0.05, 0) is 44.2 Å². The maximum atomic E-state index is 12.0. The molecule has 3 nitrogen and oxygen atoms in total. The van der Waals surface area contributed by atoms with Gasteiger partial charge >= 0.3 is 0 Å². The molecule has 1 saturated heterocycles. The Labute approximate surface area is 135 Å². The summed E-state index contributed by atoms with van der Waals surface area (Å²) in [5, 5.41) is 3.15. The molecule has 1 aromatic rings. The molecule has 1 fully saturated rings. The predicted molar refractivity (Wildman–Crippen MR) is 92.9 cm³/mol. The van der Waals surface area contributed by atoms with Crippen molar-refractivity contribution in [1.29, 1.82) is 0 Å². The molecule has 1 aliphatic rings. The molecule has 0 bridgehead atoms. The van der Waals surface area contributed by atoms with E-state index in [-0.39, 0.29) is 11.9 Å². The van der Waals surface area contributed by atoms with Crippen LogP contribution in [0.1, 0.15) is 63.5 Å². The molecular weight excluding hydrogens is 272 g/mol. The second-order valence-electron chi connectivity index (χ2n) is 6.21. The normalized spacial score (nSPS) is 16.4. The summed E-state index contributed by atoms with van der Waals surface area (Å²) in [6.07, 6.45) is 7.31. The van der Waals surface area contributed by atoms with Crippen LogP contribution in [-0.2, 0) is 4.79 Å². The van der Waals surface area contributed by atoms with Crippen molar-refractivity contribution in [2.24, 2.45) is 0 Å². The van der Waals surface area contributed by atoms with Gasteiger partial charge in [-0.1, -0.05) is 38.0 Å². The van der Waals surface area contributed by atoms with Crippen molar-refractivity contribution in [3.63, 3.8) is 0 Å². The topological polar surface area (TPSA) is 32.3 Å². The highest BCUT2D eigenvalue weighted by Gasteiger charge is 2.18. The zero-order chi connectivity index (χ0) is 15.8. The Hall–Kier alpha value is -1.51. The molecule has 1 unspecified atom stereocenters. The molecule has 1 amide bonds. The minimum atomic E-state index is 0.0605. The van der Waals surface area contributed by atoms with Gasteiger partial charge in [0.05, 0.1) is 6.04 Å². The molecule has 1 heterocycles. The van der Waals surface area contributed by atoms with Crippen LogP contribution in [0.3, 0.4) is 0 Å². The fourth-order valence-electron chi connectivity index (χ4n) is 3.13. The van der Waals surface area contributed by atoms with Crippen LogP contribution in [0.4, 0.5) is 5.69 Å². The van der Waals surface area contributed by atoms with Crippen LogP contribution in [0.15, 0.2) is 24.3 Å². The summed E-state index contributed by atoms with van der Waals surface area (Å²) in [6, 6.07) is 8.55. The van der Waals surface area contributed by atoms with Gasteiger partial charge in [0.1, 0.15) is 0 Å². The third kappa shape index (κ3) is 4.75. The molecule has 1 aromatic carbocycles. The fourth-order valence-corrected chi connectivity index (χ4v) is 3.13. The Morgan fingerprint density at radius 3 is 2.68 bits per heavy atom. The van der Waals surface area contributed by atoms with Crippen LogP contribution >= 0.6 is 0 Å². The van der Waals surface area contributed by atoms with Gasteiger partial charge in [0, 0.05) is 25.2 Å². The lowest BCUT2D eigenvalue weighted by atomic mass is 10.0. The molecule has 22 heavy (non-hydrogen) atoms. The summed E-state index contributed by atoms with van der Waals surface area (Å²) in [5.74, 6) is 0.148. The number of anilines is 1. The third-order valence-corrected chi connectivity index (χ3v) is 4.38. The number of para-hydroxylation sites is 1. The minimum Gasteiger partial charge on any atom is -0.371 e. The molecule has 121 valence electrons. The molecule has 1 N–H and O–H groups in total. The number of carbonyl (C=O) groups excluding carboxylic acids is 1. The summed E-state index contributed by atoms with van der Waals surface area (Å²) in [6.45, 7) is 8.15. The Kier molecular flexibility index (Phi) is 6.75. The van der Waals surface area contributed by atoms with E-state index in [1.54, 1.807) is 0 Å². The number of piperidine rings is 1. The lowest BCUT2D eigenvalue weighted by Gasteiger charge is -2.32. The lowest BCUT2D eigenvalue weighted by molar-refractivity contribution is -0.121. The van der Waals surface area contributed by atoms with Crippen LogP contribution in [0.2, 0.25) is 0 Å². The first-order valence-electron chi connectivity index (χ1n) is 8.65. The van der Waals surface area contributed by atoms with E-state index in [1.807, 2.05) is 0 Å². The average Bonchev–Trinajstić information content (AvgIpc) is 2.56. The van der Waals surface area contributed by atoms with Crippen molar-refractivity contribution in [2.75, 3.05) is 18.0 Å². The molecule has 1 atom stereocenters. The highest BCUT2D eigenvalue weighted by Crippen LogP contribution is 2.28. The summed E-state index contributed by atoms with van der Waals surface area (Å²) >= 11 is 0. The first-order valence-corrected chi connectivity index (χ1v) is 8.65. The number of nitrogens with zero attached hydrogens (tertiary/aromatic N) is 1.